The number of benzene rings is 1. The maximum atomic E-state index is 13.0. The van der Waals surface area contributed by atoms with Crippen molar-refractivity contribution in [1.82, 2.24) is 14.8 Å². The van der Waals surface area contributed by atoms with Gasteiger partial charge in [-0.05, 0) is 49.3 Å². The summed E-state index contributed by atoms with van der Waals surface area (Å²) in [5.41, 5.74) is 4.23. The van der Waals surface area contributed by atoms with Crippen molar-refractivity contribution in [3.8, 4) is 11.5 Å². The number of carbonyl (C=O) groups excluding carboxylic acids is 1. The second-order valence-corrected chi connectivity index (χ2v) is 6.72. The van der Waals surface area contributed by atoms with E-state index in [1.54, 1.807) is 32.4 Å². The molecular weight excluding hydrogens is 330 g/mol. The van der Waals surface area contributed by atoms with Crippen LogP contribution in [0.3, 0.4) is 0 Å². The second-order valence-electron chi connectivity index (χ2n) is 6.72. The predicted octanol–water partition coefficient (Wildman–Crippen LogP) is 2.36. The van der Waals surface area contributed by atoms with E-state index >= 15 is 0 Å². The van der Waals surface area contributed by atoms with Gasteiger partial charge in [-0.1, -0.05) is 0 Å². The van der Waals surface area contributed by atoms with E-state index in [1.165, 1.54) is 11.1 Å². The van der Waals surface area contributed by atoms with Gasteiger partial charge in [-0.15, -0.1) is 0 Å². The van der Waals surface area contributed by atoms with Gasteiger partial charge < -0.3 is 19.3 Å². The topological polar surface area (TPSA) is 54.9 Å². The number of carbonyl (C=O) groups is 1. The second kappa shape index (κ2) is 7.74. The third kappa shape index (κ3) is 3.65. The average Bonchev–Trinajstić information content (AvgIpc) is 2.66. The van der Waals surface area contributed by atoms with E-state index in [4.69, 9.17) is 9.47 Å². The van der Waals surface area contributed by atoms with Crippen LogP contribution in [0.2, 0.25) is 0 Å². The summed E-state index contributed by atoms with van der Waals surface area (Å²) in [6.07, 6.45) is 4.65. The Kier molecular flexibility index (Phi) is 5.42. The van der Waals surface area contributed by atoms with Crippen molar-refractivity contribution in [1.29, 1.82) is 0 Å². The van der Waals surface area contributed by atoms with E-state index in [9.17, 15) is 4.79 Å². The fourth-order valence-corrected chi connectivity index (χ4v) is 3.36. The minimum absolute atomic E-state index is 0.0341. The van der Waals surface area contributed by atoms with Gasteiger partial charge in [0.2, 0.25) is 0 Å². The van der Waals surface area contributed by atoms with E-state index in [1.807, 2.05) is 31.4 Å². The normalized spacial score (nSPS) is 13.5. The molecule has 1 aliphatic rings. The molecule has 0 radical (unpaired) electrons. The number of amides is 1. The zero-order valence-corrected chi connectivity index (χ0v) is 15.8. The first-order valence-electron chi connectivity index (χ1n) is 8.64. The highest BCUT2D eigenvalue weighted by Gasteiger charge is 2.25. The van der Waals surface area contributed by atoms with Crippen molar-refractivity contribution in [2.75, 3.05) is 34.9 Å². The number of methoxy groups -OCH3 is 2. The molecule has 1 aromatic heterocycles. The minimum atomic E-state index is -0.0341. The molecule has 6 heteroatoms. The van der Waals surface area contributed by atoms with E-state index in [-0.39, 0.29) is 5.91 Å². The molecule has 1 aromatic carbocycles. The fraction of sp³-hybridized carbons (Fsp3) is 0.400. The standard InChI is InChI=1S/C20H25N3O3/c1-22(2)12-14-10-21-11-15-13-23(8-7-17(14)15)20(24)18-6-5-16(25-3)9-19(18)26-4/h5-6,9-11H,7-8,12-13H2,1-4H3. The van der Waals surface area contributed by atoms with E-state index in [0.717, 1.165) is 18.5 Å². The van der Waals surface area contributed by atoms with Crippen LogP contribution in [0.15, 0.2) is 30.6 Å². The molecular formula is C20H25N3O3. The lowest BCUT2D eigenvalue weighted by molar-refractivity contribution is 0.0730. The van der Waals surface area contributed by atoms with Gasteiger partial charge in [0.1, 0.15) is 11.5 Å². The molecule has 0 saturated carbocycles. The SMILES string of the molecule is COc1ccc(C(=O)N2CCc3c(CN(C)C)cncc3C2)c(OC)c1. The Morgan fingerprint density at radius 2 is 2.04 bits per heavy atom. The molecule has 138 valence electrons. The highest BCUT2D eigenvalue weighted by Crippen LogP contribution is 2.28. The van der Waals surface area contributed by atoms with E-state index in [2.05, 4.69) is 9.88 Å². The maximum Gasteiger partial charge on any atom is 0.257 e. The Hall–Kier alpha value is -2.60. The van der Waals surface area contributed by atoms with Crippen molar-refractivity contribution in [3.63, 3.8) is 0 Å². The van der Waals surface area contributed by atoms with Crippen molar-refractivity contribution in [2.45, 2.75) is 19.5 Å². The summed E-state index contributed by atoms with van der Waals surface area (Å²) < 4.78 is 10.6. The van der Waals surface area contributed by atoms with Crippen LogP contribution in [-0.2, 0) is 19.5 Å². The van der Waals surface area contributed by atoms with Gasteiger partial charge in [0.25, 0.3) is 5.91 Å². The quantitative estimate of drug-likeness (QED) is 0.824. The third-order valence-corrected chi connectivity index (χ3v) is 4.64. The van der Waals surface area contributed by atoms with Gasteiger partial charge in [-0.2, -0.15) is 0 Å². The minimum Gasteiger partial charge on any atom is -0.497 e. The predicted molar refractivity (Wildman–Crippen MR) is 99.6 cm³/mol. The third-order valence-electron chi connectivity index (χ3n) is 4.64. The van der Waals surface area contributed by atoms with E-state index in [0.29, 0.717) is 30.2 Å². The van der Waals surface area contributed by atoms with Crippen LogP contribution < -0.4 is 9.47 Å². The molecule has 26 heavy (non-hydrogen) atoms. The Labute approximate surface area is 154 Å². The van der Waals surface area contributed by atoms with Gasteiger partial charge in [0, 0.05) is 38.1 Å². The molecule has 2 heterocycles. The van der Waals surface area contributed by atoms with Crippen molar-refractivity contribution >= 4 is 5.91 Å². The molecule has 0 aliphatic carbocycles. The molecule has 0 spiro atoms. The first kappa shape index (κ1) is 18.2. The molecule has 0 fully saturated rings. The lowest BCUT2D eigenvalue weighted by Crippen LogP contribution is -2.36. The van der Waals surface area contributed by atoms with Crippen molar-refractivity contribution in [3.05, 3.63) is 52.8 Å². The highest BCUT2D eigenvalue weighted by atomic mass is 16.5. The summed E-state index contributed by atoms with van der Waals surface area (Å²) in [5, 5.41) is 0. The Morgan fingerprint density at radius 3 is 2.73 bits per heavy atom. The number of pyridine rings is 1. The first-order valence-corrected chi connectivity index (χ1v) is 8.64. The van der Waals surface area contributed by atoms with Gasteiger partial charge in [-0.3, -0.25) is 9.78 Å². The van der Waals surface area contributed by atoms with Gasteiger partial charge in [-0.25, -0.2) is 0 Å². The number of nitrogens with zero attached hydrogens (tertiary/aromatic N) is 3. The summed E-state index contributed by atoms with van der Waals surface area (Å²) in [7, 11) is 7.26. The molecule has 0 bridgehead atoms. The molecule has 0 saturated heterocycles. The first-order chi connectivity index (χ1) is 12.5. The van der Waals surface area contributed by atoms with Crippen molar-refractivity contribution < 1.29 is 14.3 Å². The smallest absolute Gasteiger partial charge is 0.257 e. The Morgan fingerprint density at radius 1 is 1.23 bits per heavy atom. The number of fused-ring (bicyclic) bond motifs is 1. The van der Waals surface area contributed by atoms with Crippen LogP contribution in [0.5, 0.6) is 11.5 Å². The van der Waals surface area contributed by atoms with Crippen LogP contribution in [0.1, 0.15) is 27.0 Å². The molecule has 2 aromatic rings. The average molecular weight is 355 g/mol. The summed E-state index contributed by atoms with van der Waals surface area (Å²) in [6, 6.07) is 5.28. The molecule has 0 unspecified atom stereocenters. The molecule has 1 aliphatic heterocycles. The zero-order chi connectivity index (χ0) is 18.7. The molecule has 0 atom stereocenters. The van der Waals surface area contributed by atoms with Gasteiger partial charge in [0.15, 0.2) is 0 Å². The fourth-order valence-electron chi connectivity index (χ4n) is 3.36. The Balaban J connectivity index is 1.84. The molecule has 0 N–H and O–H groups in total. The maximum absolute atomic E-state index is 13.0. The zero-order valence-electron chi connectivity index (χ0n) is 15.8. The van der Waals surface area contributed by atoms with E-state index < -0.39 is 0 Å². The number of hydrogen-bond donors (Lipinski definition) is 0. The van der Waals surface area contributed by atoms with Crippen molar-refractivity contribution in [2.24, 2.45) is 0 Å². The van der Waals surface area contributed by atoms with Gasteiger partial charge >= 0.3 is 0 Å². The number of rotatable bonds is 5. The molecule has 1 amide bonds. The Bertz CT molecular complexity index is 805. The summed E-state index contributed by atoms with van der Waals surface area (Å²) >= 11 is 0. The van der Waals surface area contributed by atoms with Crippen LogP contribution in [0, 0.1) is 0 Å². The number of ether oxygens (including phenoxy) is 2. The molecule has 3 rings (SSSR count). The van der Waals surface area contributed by atoms with Crippen LogP contribution in [-0.4, -0.2) is 55.6 Å². The lowest BCUT2D eigenvalue weighted by atomic mass is 9.96. The summed E-state index contributed by atoms with van der Waals surface area (Å²) in [6.45, 7) is 2.11. The lowest BCUT2D eigenvalue weighted by Gasteiger charge is -2.30. The number of aromatic nitrogens is 1. The van der Waals surface area contributed by atoms with Gasteiger partial charge in [0.05, 0.1) is 19.8 Å². The summed E-state index contributed by atoms with van der Waals surface area (Å²) in [4.78, 5) is 21.4. The summed E-state index contributed by atoms with van der Waals surface area (Å²) in [5.74, 6) is 1.16. The number of hydrogen-bond acceptors (Lipinski definition) is 5. The van der Waals surface area contributed by atoms with Crippen LogP contribution in [0.4, 0.5) is 0 Å². The molecule has 6 nitrogen and oxygen atoms in total. The van der Waals surface area contributed by atoms with Crippen LogP contribution in [0.25, 0.3) is 0 Å². The monoisotopic (exact) mass is 355 g/mol. The highest BCUT2D eigenvalue weighted by molar-refractivity contribution is 5.97. The largest absolute Gasteiger partial charge is 0.497 e. The van der Waals surface area contributed by atoms with Crippen LogP contribution >= 0.6 is 0 Å².